The Morgan fingerprint density at radius 2 is 1.75 bits per heavy atom. The highest BCUT2D eigenvalue weighted by Gasteiger charge is 2.17. The largest absolute Gasteiger partial charge is 0.463 e. The molecule has 0 aliphatic carbocycles. The summed E-state index contributed by atoms with van der Waals surface area (Å²) in [5.41, 5.74) is 3.34. The van der Waals surface area contributed by atoms with E-state index in [1.807, 2.05) is 60.2 Å². The quantitative estimate of drug-likeness (QED) is 0.514. The van der Waals surface area contributed by atoms with E-state index in [9.17, 15) is 4.79 Å². The topological polar surface area (TPSA) is 44.1 Å². The fourth-order valence-electron chi connectivity index (χ4n) is 3.26. The van der Waals surface area contributed by atoms with E-state index in [2.05, 4.69) is 31.0 Å². The molecule has 0 radical (unpaired) electrons. The number of hydrogen-bond acceptors (Lipinski definition) is 3. The molecule has 4 heteroatoms. The summed E-state index contributed by atoms with van der Waals surface area (Å²) in [6.45, 7) is 7.21. The van der Waals surface area contributed by atoms with Crippen LogP contribution in [0, 0.1) is 5.92 Å². The van der Waals surface area contributed by atoms with Crippen LogP contribution in [-0.4, -0.2) is 22.1 Å². The molecule has 1 unspecified atom stereocenters. The molecule has 1 atom stereocenters. The van der Waals surface area contributed by atoms with Crippen LogP contribution >= 0.6 is 0 Å². The van der Waals surface area contributed by atoms with Crippen molar-refractivity contribution < 1.29 is 9.53 Å². The second-order valence-electron chi connectivity index (χ2n) is 7.54. The van der Waals surface area contributed by atoms with Gasteiger partial charge in [-0.05, 0) is 30.4 Å². The van der Waals surface area contributed by atoms with Gasteiger partial charge in [0.25, 0.3) is 0 Å². The Morgan fingerprint density at radius 3 is 2.43 bits per heavy atom. The van der Waals surface area contributed by atoms with Crippen molar-refractivity contribution in [1.29, 1.82) is 0 Å². The lowest BCUT2D eigenvalue weighted by Crippen LogP contribution is -2.16. The summed E-state index contributed by atoms with van der Waals surface area (Å²) >= 11 is 0. The zero-order valence-electron chi connectivity index (χ0n) is 16.8. The lowest BCUT2D eigenvalue weighted by Gasteiger charge is -2.14. The van der Waals surface area contributed by atoms with E-state index in [1.165, 1.54) is 5.56 Å². The van der Waals surface area contributed by atoms with Gasteiger partial charge < -0.3 is 9.30 Å². The minimum absolute atomic E-state index is 0.196. The Hall–Kier alpha value is -2.88. The molecule has 3 aromatic rings. The van der Waals surface area contributed by atoms with E-state index < -0.39 is 0 Å². The van der Waals surface area contributed by atoms with Crippen LogP contribution in [0.3, 0.4) is 0 Å². The highest BCUT2D eigenvalue weighted by atomic mass is 16.5. The Labute approximate surface area is 167 Å². The maximum absolute atomic E-state index is 12.4. The van der Waals surface area contributed by atoms with Crippen molar-refractivity contribution in [2.24, 2.45) is 5.92 Å². The maximum Gasteiger partial charge on any atom is 0.313 e. The minimum atomic E-state index is -0.274. The molecule has 0 saturated carbocycles. The third-order valence-electron chi connectivity index (χ3n) is 4.80. The zero-order valence-corrected chi connectivity index (χ0v) is 16.8. The predicted octanol–water partition coefficient (Wildman–Crippen LogP) is 5.10. The first kappa shape index (κ1) is 19.9. The molecule has 28 heavy (non-hydrogen) atoms. The van der Waals surface area contributed by atoms with E-state index in [0.29, 0.717) is 19.1 Å². The van der Waals surface area contributed by atoms with Gasteiger partial charge in [-0.3, -0.25) is 4.79 Å². The van der Waals surface area contributed by atoms with Crippen molar-refractivity contribution in [3.05, 3.63) is 78.1 Å². The molecule has 0 spiro atoms. The van der Waals surface area contributed by atoms with E-state index in [4.69, 9.17) is 4.74 Å². The second kappa shape index (κ2) is 9.36. The van der Waals surface area contributed by atoms with Crippen LogP contribution in [0.5, 0.6) is 0 Å². The van der Waals surface area contributed by atoms with E-state index in [-0.39, 0.29) is 11.9 Å². The number of carbonyl (C=O) groups is 1. The van der Waals surface area contributed by atoms with Crippen molar-refractivity contribution in [2.75, 3.05) is 6.61 Å². The highest BCUT2D eigenvalue weighted by Crippen LogP contribution is 2.20. The average molecular weight is 376 g/mol. The van der Waals surface area contributed by atoms with E-state index >= 15 is 0 Å². The van der Waals surface area contributed by atoms with Gasteiger partial charge in [0.2, 0.25) is 0 Å². The van der Waals surface area contributed by atoms with Gasteiger partial charge in [0, 0.05) is 18.0 Å². The molecule has 0 aliphatic rings. The lowest BCUT2D eigenvalue weighted by molar-refractivity contribution is -0.145. The van der Waals surface area contributed by atoms with Gasteiger partial charge >= 0.3 is 5.97 Å². The molecule has 0 aliphatic heterocycles. The summed E-state index contributed by atoms with van der Waals surface area (Å²) in [7, 11) is 0. The number of ether oxygens (including phenoxy) is 1. The first-order valence-electron chi connectivity index (χ1n) is 9.86. The van der Waals surface area contributed by atoms with Crippen LogP contribution in [0.4, 0.5) is 0 Å². The van der Waals surface area contributed by atoms with Gasteiger partial charge in [0.15, 0.2) is 0 Å². The SMILES string of the molecule is CC(C)Cc1ccc(C(C)C(=O)OCCn2ccnc2-c2ccccc2)cc1. The number of benzene rings is 2. The monoisotopic (exact) mass is 376 g/mol. The number of imidazole rings is 1. The second-order valence-corrected chi connectivity index (χ2v) is 7.54. The third-order valence-corrected chi connectivity index (χ3v) is 4.80. The van der Waals surface area contributed by atoms with Gasteiger partial charge in [-0.2, -0.15) is 0 Å². The van der Waals surface area contributed by atoms with Crippen molar-refractivity contribution in [3.63, 3.8) is 0 Å². The maximum atomic E-state index is 12.4. The summed E-state index contributed by atoms with van der Waals surface area (Å²) < 4.78 is 7.54. The molecule has 0 saturated heterocycles. The lowest BCUT2D eigenvalue weighted by atomic mass is 9.97. The number of nitrogens with zero attached hydrogens (tertiary/aromatic N) is 2. The molecule has 3 rings (SSSR count). The van der Waals surface area contributed by atoms with Crippen LogP contribution in [0.25, 0.3) is 11.4 Å². The number of aromatic nitrogens is 2. The van der Waals surface area contributed by atoms with Crippen molar-refractivity contribution in [1.82, 2.24) is 9.55 Å². The Morgan fingerprint density at radius 1 is 1.04 bits per heavy atom. The smallest absolute Gasteiger partial charge is 0.313 e. The molecule has 1 aromatic heterocycles. The first-order chi connectivity index (χ1) is 13.5. The molecule has 0 fully saturated rings. The Bertz CT molecular complexity index is 882. The molecule has 2 aromatic carbocycles. The van der Waals surface area contributed by atoms with Gasteiger partial charge in [0.05, 0.1) is 12.5 Å². The van der Waals surface area contributed by atoms with Crippen LogP contribution in [0.15, 0.2) is 67.0 Å². The van der Waals surface area contributed by atoms with E-state index in [0.717, 1.165) is 23.4 Å². The number of esters is 1. The number of hydrogen-bond donors (Lipinski definition) is 0. The van der Waals surface area contributed by atoms with Gasteiger partial charge in [-0.25, -0.2) is 4.98 Å². The van der Waals surface area contributed by atoms with E-state index in [1.54, 1.807) is 6.20 Å². The van der Waals surface area contributed by atoms with Crippen molar-refractivity contribution >= 4 is 5.97 Å². The summed E-state index contributed by atoms with van der Waals surface area (Å²) in [4.78, 5) is 16.9. The molecule has 0 amide bonds. The summed E-state index contributed by atoms with van der Waals surface area (Å²) in [6.07, 6.45) is 4.73. The Kier molecular flexibility index (Phi) is 6.64. The molecule has 0 N–H and O–H groups in total. The molecular formula is C24H28N2O2. The highest BCUT2D eigenvalue weighted by molar-refractivity contribution is 5.77. The summed E-state index contributed by atoms with van der Waals surface area (Å²) in [6, 6.07) is 18.3. The molecule has 4 nitrogen and oxygen atoms in total. The Balaban J connectivity index is 1.54. The number of carbonyl (C=O) groups excluding carboxylic acids is 1. The molecule has 146 valence electrons. The minimum Gasteiger partial charge on any atom is -0.463 e. The molecule has 0 bridgehead atoms. The van der Waals surface area contributed by atoms with Crippen LogP contribution in [0.2, 0.25) is 0 Å². The van der Waals surface area contributed by atoms with Gasteiger partial charge in [-0.15, -0.1) is 0 Å². The van der Waals surface area contributed by atoms with Crippen LogP contribution in [0.1, 0.15) is 37.8 Å². The van der Waals surface area contributed by atoms with Gasteiger partial charge in [-0.1, -0.05) is 68.4 Å². The predicted molar refractivity (Wildman–Crippen MR) is 112 cm³/mol. The van der Waals surface area contributed by atoms with Crippen molar-refractivity contribution in [3.8, 4) is 11.4 Å². The fraction of sp³-hybridized carbons (Fsp3) is 0.333. The zero-order chi connectivity index (χ0) is 19.9. The average Bonchev–Trinajstić information content (AvgIpc) is 3.16. The van der Waals surface area contributed by atoms with Gasteiger partial charge in [0.1, 0.15) is 12.4 Å². The normalized spacial score (nSPS) is 12.1. The third kappa shape index (κ3) is 5.10. The molecular weight excluding hydrogens is 348 g/mol. The van der Waals surface area contributed by atoms with Crippen LogP contribution < -0.4 is 0 Å². The van der Waals surface area contributed by atoms with Crippen molar-refractivity contribution in [2.45, 2.75) is 39.7 Å². The van der Waals surface area contributed by atoms with Crippen LogP contribution in [-0.2, 0) is 22.5 Å². The first-order valence-corrected chi connectivity index (χ1v) is 9.86. The summed E-state index contributed by atoms with van der Waals surface area (Å²) in [5.74, 6) is 1.03. The fourth-order valence-corrected chi connectivity index (χ4v) is 3.26. The standard InChI is InChI=1S/C24H28N2O2/c1-18(2)17-20-9-11-21(12-10-20)19(3)24(27)28-16-15-26-14-13-25-23(26)22-7-5-4-6-8-22/h4-14,18-19H,15-17H2,1-3H3. The number of rotatable bonds is 8. The summed E-state index contributed by atoms with van der Waals surface area (Å²) in [5, 5.41) is 0. The molecule has 1 heterocycles.